The van der Waals surface area contributed by atoms with Crippen LogP contribution in [0.4, 0.5) is 0 Å². The van der Waals surface area contributed by atoms with Gasteiger partial charge in [0.2, 0.25) is 0 Å². The molecular formula is C21H21N5O. The van der Waals surface area contributed by atoms with Crippen LogP contribution in [0.2, 0.25) is 0 Å². The minimum atomic E-state index is -0.111. The molecule has 0 fully saturated rings. The summed E-state index contributed by atoms with van der Waals surface area (Å²) in [6.07, 6.45) is 6.30. The van der Waals surface area contributed by atoms with Crippen molar-refractivity contribution in [3.63, 3.8) is 0 Å². The van der Waals surface area contributed by atoms with Gasteiger partial charge in [0.05, 0.1) is 23.0 Å². The second-order valence-electron chi connectivity index (χ2n) is 6.49. The third kappa shape index (κ3) is 3.33. The molecule has 1 atom stereocenters. The molecule has 136 valence electrons. The fourth-order valence-electron chi connectivity index (χ4n) is 3.23. The molecule has 3 aromatic heterocycles. The zero-order chi connectivity index (χ0) is 18.8. The number of rotatable bonds is 5. The third-order valence-corrected chi connectivity index (χ3v) is 4.71. The third-order valence-electron chi connectivity index (χ3n) is 4.71. The van der Waals surface area contributed by atoms with Gasteiger partial charge in [-0.3, -0.25) is 9.48 Å². The molecule has 0 saturated heterocycles. The zero-order valence-electron chi connectivity index (χ0n) is 15.3. The highest BCUT2D eigenvalue weighted by Gasteiger charge is 2.17. The average Bonchev–Trinajstić information content (AvgIpc) is 3.32. The van der Waals surface area contributed by atoms with E-state index in [1.165, 1.54) is 0 Å². The summed E-state index contributed by atoms with van der Waals surface area (Å²) < 4.78 is 3.68. The lowest BCUT2D eigenvalue weighted by Gasteiger charge is -2.17. The molecule has 0 unspecified atom stereocenters. The van der Waals surface area contributed by atoms with Gasteiger partial charge in [-0.05, 0) is 24.6 Å². The molecule has 3 heterocycles. The number of amides is 1. The normalized spacial score (nSPS) is 12.2. The molecule has 0 radical (unpaired) electrons. The molecule has 0 saturated carbocycles. The zero-order valence-corrected chi connectivity index (χ0v) is 15.3. The van der Waals surface area contributed by atoms with Crippen LogP contribution in [0.3, 0.4) is 0 Å². The van der Waals surface area contributed by atoms with Crippen molar-refractivity contribution in [2.45, 2.75) is 19.4 Å². The number of pyridine rings is 1. The van der Waals surface area contributed by atoms with E-state index in [-0.39, 0.29) is 11.9 Å². The van der Waals surface area contributed by atoms with Gasteiger partial charge in [-0.15, -0.1) is 0 Å². The molecule has 1 aromatic carbocycles. The summed E-state index contributed by atoms with van der Waals surface area (Å²) in [4.78, 5) is 17.4. The van der Waals surface area contributed by atoms with E-state index in [2.05, 4.69) is 15.4 Å². The minimum absolute atomic E-state index is 0.0802. The lowest BCUT2D eigenvalue weighted by atomic mass is 10.1. The van der Waals surface area contributed by atoms with Gasteiger partial charge >= 0.3 is 0 Å². The molecule has 0 spiro atoms. The number of imidazole rings is 1. The Bertz CT molecular complexity index is 1080. The number of aryl methyl sites for hydroxylation is 1. The molecule has 6 nitrogen and oxygen atoms in total. The number of aromatic nitrogens is 4. The van der Waals surface area contributed by atoms with Crippen molar-refractivity contribution >= 4 is 11.6 Å². The van der Waals surface area contributed by atoms with Gasteiger partial charge < -0.3 is 9.72 Å². The van der Waals surface area contributed by atoms with Gasteiger partial charge in [0.15, 0.2) is 0 Å². The second-order valence-corrected chi connectivity index (χ2v) is 6.49. The maximum absolute atomic E-state index is 12.8. The highest BCUT2D eigenvalue weighted by Crippen LogP contribution is 2.20. The average molecular weight is 359 g/mol. The number of carbonyl (C=O) groups excluding carboxylic acids is 1. The van der Waals surface area contributed by atoms with E-state index in [1.807, 2.05) is 79.3 Å². The minimum Gasteiger partial charge on any atom is -0.344 e. The van der Waals surface area contributed by atoms with Crippen molar-refractivity contribution < 1.29 is 4.79 Å². The molecule has 0 aliphatic heterocycles. The summed E-state index contributed by atoms with van der Waals surface area (Å²) in [6, 6.07) is 15.5. The van der Waals surface area contributed by atoms with Crippen molar-refractivity contribution in [1.29, 1.82) is 0 Å². The van der Waals surface area contributed by atoms with E-state index >= 15 is 0 Å². The standard InChI is InChI=1S/C21H21N5O/c1-3-17(19-11-12-22-25(19)2)24-21(27)16-9-10-20-23-18(14-26(20)13-16)15-7-5-4-6-8-15/h4-14,17H,3H2,1-2H3,(H,24,27)/t17-/m0/s1. The highest BCUT2D eigenvalue weighted by molar-refractivity contribution is 5.94. The molecule has 0 aliphatic rings. The van der Waals surface area contributed by atoms with E-state index in [4.69, 9.17) is 0 Å². The summed E-state index contributed by atoms with van der Waals surface area (Å²) in [5, 5.41) is 7.29. The predicted octanol–water partition coefficient (Wildman–Crippen LogP) is 3.62. The van der Waals surface area contributed by atoms with Gasteiger partial charge in [-0.25, -0.2) is 4.98 Å². The topological polar surface area (TPSA) is 64.2 Å². The van der Waals surface area contributed by atoms with Crippen molar-refractivity contribution in [3.05, 3.63) is 78.4 Å². The summed E-state index contributed by atoms with van der Waals surface area (Å²) in [7, 11) is 1.88. The first-order valence-electron chi connectivity index (χ1n) is 8.98. The van der Waals surface area contributed by atoms with Gasteiger partial charge in [0.1, 0.15) is 5.65 Å². The summed E-state index contributed by atoms with van der Waals surface area (Å²) in [5.41, 5.74) is 4.33. The Labute approximate surface area is 157 Å². The molecule has 0 aliphatic carbocycles. The van der Waals surface area contributed by atoms with Gasteiger partial charge in [0.25, 0.3) is 5.91 Å². The second kappa shape index (κ2) is 7.07. The monoisotopic (exact) mass is 359 g/mol. The number of hydrogen-bond donors (Lipinski definition) is 1. The van der Waals surface area contributed by atoms with Gasteiger partial charge in [-0.1, -0.05) is 37.3 Å². The molecule has 0 bridgehead atoms. The fraction of sp³-hybridized carbons (Fsp3) is 0.190. The van der Waals surface area contributed by atoms with Crippen molar-refractivity contribution in [2.24, 2.45) is 7.05 Å². The molecule has 27 heavy (non-hydrogen) atoms. The van der Waals surface area contributed by atoms with Crippen LogP contribution < -0.4 is 5.32 Å². The molecule has 1 N–H and O–H groups in total. The van der Waals surface area contributed by atoms with Crippen LogP contribution in [0, 0.1) is 0 Å². The van der Waals surface area contributed by atoms with Crippen LogP contribution in [0.1, 0.15) is 35.4 Å². The molecule has 6 heteroatoms. The molecule has 1 amide bonds. The Kier molecular flexibility index (Phi) is 4.46. The van der Waals surface area contributed by atoms with E-state index in [0.29, 0.717) is 5.56 Å². The maximum Gasteiger partial charge on any atom is 0.253 e. The van der Waals surface area contributed by atoms with Gasteiger partial charge in [0, 0.05) is 31.2 Å². The number of fused-ring (bicyclic) bond motifs is 1. The predicted molar refractivity (Wildman–Crippen MR) is 104 cm³/mol. The first-order chi connectivity index (χ1) is 13.2. The van der Waals surface area contributed by atoms with E-state index in [1.54, 1.807) is 10.9 Å². The Balaban J connectivity index is 1.60. The number of nitrogens with zero attached hydrogens (tertiary/aromatic N) is 4. The Morgan fingerprint density at radius 3 is 2.63 bits per heavy atom. The fourth-order valence-corrected chi connectivity index (χ4v) is 3.23. The summed E-state index contributed by atoms with van der Waals surface area (Å²) >= 11 is 0. The number of carbonyl (C=O) groups is 1. The van der Waals surface area contributed by atoms with Crippen molar-refractivity contribution in [1.82, 2.24) is 24.5 Å². The molecule has 4 aromatic rings. The highest BCUT2D eigenvalue weighted by atomic mass is 16.1. The van der Waals surface area contributed by atoms with Crippen LogP contribution in [0.15, 0.2) is 67.1 Å². The van der Waals surface area contributed by atoms with E-state index in [9.17, 15) is 4.79 Å². The molecular weight excluding hydrogens is 338 g/mol. The Morgan fingerprint density at radius 1 is 1.11 bits per heavy atom. The van der Waals surface area contributed by atoms with E-state index < -0.39 is 0 Å². The van der Waals surface area contributed by atoms with Crippen LogP contribution in [0.25, 0.3) is 16.9 Å². The first-order valence-corrected chi connectivity index (χ1v) is 8.98. The van der Waals surface area contributed by atoms with Crippen LogP contribution >= 0.6 is 0 Å². The SMILES string of the molecule is CC[C@H](NC(=O)c1ccc2nc(-c3ccccc3)cn2c1)c1ccnn1C. The van der Waals surface area contributed by atoms with E-state index in [0.717, 1.165) is 29.0 Å². The van der Waals surface area contributed by atoms with Crippen LogP contribution in [-0.2, 0) is 7.05 Å². The van der Waals surface area contributed by atoms with Gasteiger partial charge in [-0.2, -0.15) is 5.10 Å². The Hall–Kier alpha value is -3.41. The smallest absolute Gasteiger partial charge is 0.253 e. The molecule has 4 rings (SSSR count). The summed E-state index contributed by atoms with van der Waals surface area (Å²) in [6.45, 7) is 2.04. The van der Waals surface area contributed by atoms with Crippen molar-refractivity contribution in [2.75, 3.05) is 0 Å². The quantitative estimate of drug-likeness (QED) is 0.592. The number of nitrogens with one attached hydrogen (secondary N) is 1. The first kappa shape index (κ1) is 17.0. The van der Waals surface area contributed by atoms with Crippen molar-refractivity contribution in [3.8, 4) is 11.3 Å². The Morgan fingerprint density at radius 2 is 1.93 bits per heavy atom. The lowest BCUT2D eigenvalue weighted by molar-refractivity contribution is 0.0933. The largest absolute Gasteiger partial charge is 0.344 e. The van der Waals surface area contributed by atoms with Crippen LogP contribution in [-0.4, -0.2) is 25.1 Å². The lowest BCUT2D eigenvalue weighted by Crippen LogP contribution is -2.29. The number of benzene rings is 1. The maximum atomic E-state index is 12.8. The number of hydrogen-bond acceptors (Lipinski definition) is 3. The van der Waals surface area contributed by atoms with Crippen LogP contribution in [0.5, 0.6) is 0 Å². The summed E-state index contributed by atoms with van der Waals surface area (Å²) in [5.74, 6) is -0.111.